The minimum atomic E-state index is -0.00389. The average Bonchev–Trinajstić information content (AvgIpc) is 3.16. The first-order chi connectivity index (χ1) is 12.8. The van der Waals surface area contributed by atoms with E-state index in [0.29, 0.717) is 13.2 Å². The minimum absolute atomic E-state index is 0.00389. The summed E-state index contributed by atoms with van der Waals surface area (Å²) in [6.07, 6.45) is 3.65. The van der Waals surface area contributed by atoms with Gasteiger partial charge in [-0.15, -0.1) is 0 Å². The molecule has 1 saturated heterocycles. The van der Waals surface area contributed by atoms with Gasteiger partial charge in [0.1, 0.15) is 5.82 Å². The van der Waals surface area contributed by atoms with E-state index in [-0.39, 0.29) is 11.7 Å². The molecule has 3 aromatic rings. The highest BCUT2D eigenvalue weighted by Crippen LogP contribution is 2.26. The fraction of sp³-hybridized carbons (Fsp3) is 0.350. The molecule has 1 aromatic carbocycles. The van der Waals surface area contributed by atoms with Gasteiger partial charge in [0.25, 0.3) is 0 Å². The number of aromatic nitrogens is 3. The van der Waals surface area contributed by atoms with E-state index in [1.807, 2.05) is 47.0 Å². The van der Waals surface area contributed by atoms with Crippen molar-refractivity contribution in [1.29, 1.82) is 0 Å². The van der Waals surface area contributed by atoms with Crippen molar-refractivity contribution in [3.63, 3.8) is 0 Å². The summed E-state index contributed by atoms with van der Waals surface area (Å²) in [6.45, 7) is 2.05. The van der Waals surface area contributed by atoms with Crippen molar-refractivity contribution in [2.24, 2.45) is 5.92 Å². The van der Waals surface area contributed by atoms with Gasteiger partial charge in [0.2, 0.25) is 0 Å². The minimum Gasteiger partial charge on any atom is -0.378 e. The molecule has 26 heavy (non-hydrogen) atoms. The summed E-state index contributed by atoms with van der Waals surface area (Å²) in [7, 11) is 1.66. The number of fused-ring (bicyclic) bond motifs is 1. The maximum Gasteiger partial charge on any atom is 0.167 e. The monoisotopic (exact) mass is 350 g/mol. The number of ketones is 1. The number of benzene rings is 1. The molecule has 0 amide bonds. The first-order valence-corrected chi connectivity index (χ1v) is 8.93. The third-order valence-corrected chi connectivity index (χ3v) is 4.86. The quantitative estimate of drug-likeness (QED) is 0.662. The van der Waals surface area contributed by atoms with Crippen molar-refractivity contribution in [2.75, 3.05) is 25.1 Å². The molecular formula is C20H22N4O2. The molecule has 0 unspecified atom stereocenters. The van der Waals surface area contributed by atoms with Crippen molar-refractivity contribution in [1.82, 2.24) is 14.6 Å². The zero-order valence-electron chi connectivity index (χ0n) is 14.8. The standard InChI is InChI=1S/C20H22N4O2/c1-26-14-17-12-19(24-18(22-17)9-10-21-24)23-11-5-8-16(13-23)20(25)15-6-3-2-4-7-15/h2-4,6-7,9-10,12,16H,5,8,11,13-14H2,1H3/t16-/m0/s1. The molecule has 0 saturated carbocycles. The number of Topliss-reactive ketones (excluding diaryl/α,β-unsaturated/α-hetero) is 1. The average molecular weight is 350 g/mol. The number of piperidine rings is 1. The highest BCUT2D eigenvalue weighted by atomic mass is 16.5. The Labute approximate surface area is 152 Å². The van der Waals surface area contributed by atoms with E-state index in [0.717, 1.165) is 42.1 Å². The molecule has 6 nitrogen and oxygen atoms in total. The van der Waals surface area contributed by atoms with Gasteiger partial charge in [-0.3, -0.25) is 4.79 Å². The molecule has 1 fully saturated rings. The van der Waals surface area contributed by atoms with Crippen molar-refractivity contribution in [3.8, 4) is 0 Å². The normalized spacial score (nSPS) is 17.6. The molecule has 3 heterocycles. The molecule has 134 valence electrons. The topological polar surface area (TPSA) is 59.7 Å². The van der Waals surface area contributed by atoms with E-state index in [4.69, 9.17) is 4.74 Å². The van der Waals surface area contributed by atoms with Crippen molar-refractivity contribution >= 4 is 17.2 Å². The van der Waals surface area contributed by atoms with Gasteiger partial charge in [-0.25, -0.2) is 4.98 Å². The van der Waals surface area contributed by atoms with Gasteiger partial charge >= 0.3 is 0 Å². The second-order valence-corrected chi connectivity index (χ2v) is 6.66. The van der Waals surface area contributed by atoms with Crippen LogP contribution in [0.2, 0.25) is 0 Å². The summed E-state index contributed by atoms with van der Waals surface area (Å²) < 4.78 is 7.09. The predicted molar refractivity (Wildman–Crippen MR) is 99.4 cm³/mol. The second-order valence-electron chi connectivity index (χ2n) is 6.66. The smallest absolute Gasteiger partial charge is 0.167 e. The number of carbonyl (C=O) groups excluding carboxylic acids is 1. The van der Waals surface area contributed by atoms with Gasteiger partial charge in [0, 0.05) is 43.8 Å². The maximum atomic E-state index is 12.9. The van der Waals surface area contributed by atoms with Crippen LogP contribution in [-0.4, -0.2) is 40.6 Å². The van der Waals surface area contributed by atoms with Crippen LogP contribution >= 0.6 is 0 Å². The Kier molecular flexibility index (Phi) is 4.67. The number of nitrogens with zero attached hydrogens (tertiary/aromatic N) is 4. The van der Waals surface area contributed by atoms with Gasteiger partial charge in [-0.05, 0) is 12.8 Å². The predicted octanol–water partition coefficient (Wildman–Crippen LogP) is 2.98. The van der Waals surface area contributed by atoms with Crippen LogP contribution in [0.25, 0.3) is 5.65 Å². The Morgan fingerprint density at radius 3 is 2.92 bits per heavy atom. The van der Waals surface area contributed by atoms with E-state index < -0.39 is 0 Å². The Morgan fingerprint density at radius 2 is 2.12 bits per heavy atom. The Morgan fingerprint density at radius 1 is 1.27 bits per heavy atom. The molecule has 0 radical (unpaired) electrons. The van der Waals surface area contributed by atoms with Crippen LogP contribution in [0.4, 0.5) is 5.82 Å². The maximum absolute atomic E-state index is 12.9. The van der Waals surface area contributed by atoms with Crippen molar-refractivity contribution < 1.29 is 9.53 Å². The van der Waals surface area contributed by atoms with E-state index in [9.17, 15) is 4.79 Å². The van der Waals surface area contributed by atoms with Crippen LogP contribution in [0.3, 0.4) is 0 Å². The fourth-order valence-corrected chi connectivity index (χ4v) is 3.63. The van der Waals surface area contributed by atoms with Gasteiger partial charge in [-0.2, -0.15) is 9.61 Å². The Hall–Kier alpha value is -2.73. The largest absolute Gasteiger partial charge is 0.378 e. The van der Waals surface area contributed by atoms with E-state index >= 15 is 0 Å². The molecule has 6 heteroatoms. The number of anilines is 1. The van der Waals surface area contributed by atoms with Crippen LogP contribution in [0, 0.1) is 5.92 Å². The molecule has 0 bridgehead atoms. The summed E-state index contributed by atoms with van der Waals surface area (Å²) in [5, 5.41) is 4.41. The number of hydrogen-bond donors (Lipinski definition) is 0. The molecular weight excluding hydrogens is 328 g/mol. The lowest BCUT2D eigenvalue weighted by Crippen LogP contribution is -2.40. The Bertz CT molecular complexity index is 907. The lowest BCUT2D eigenvalue weighted by Gasteiger charge is -2.33. The van der Waals surface area contributed by atoms with E-state index in [1.54, 1.807) is 13.3 Å². The lowest BCUT2D eigenvalue weighted by atomic mass is 9.90. The zero-order chi connectivity index (χ0) is 17.9. The summed E-state index contributed by atoms with van der Waals surface area (Å²) in [5.74, 6) is 1.19. The van der Waals surface area contributed by atoms with Gasteiger partial charge in [-0.1, -0.05) is 30.3 Å². The molecule has 4 rings (SSSR count). The van der Waals surface area contributed by atoms with Crippen molar-refractivity contribution in [3.05, 3.63) is 59.9 Å². The first-order valence-electron chi connectivity index (χ1n) is 8.93. The molecule has 1 aliphatic rings. The van der Waals surface area contributed by atoms with Crippen LogP contribution in [0.5, 0.6) is 0 Å². The molecule has 0 aliphatic carbocycles. The van der Waals surface area contributed by atoms with Gasteiger partial charge < -0.3 is 9.64 Å². The summed E-state index contributed by atoms with van der Waals surface area (Å²) in [4.78, 5) is 19.7. The van der Waals surface area contributed by atoms with Crippen molar-refractivity contribution in [2.45, 2.75) is 19.4 Å². The van der Waals surface area contributed by atoms with Crippen LogP contribution in [0.15, 0.2) is 48.7 Å². The number of hydrogen-bond acceptors (Lipinski definition) is 5. The third-order valence-electron chi connectivity index (χ3n) is 4.86. The number of methoxy groups -OCH3 is 1. The highest BCUT2D eigenvalue weighted by Gasteiger charge is 2.28. The lowest BCUT2D eigenvalue weighted by molar-refractivity contribution is 0.0907. The molecule has 2 aromatic heterocycles. The molecule has 1 atom stereocenters. The molecule has 0 spiro atoms. The summed E-state index contributed by atoms with van der Waals surface area (Å²) in [6, 6.07) is 13.5. The highest BCUT2D eigenvalue weighted by molar-refractivity contribution is 5.98. The molecule has 1 aliphatic heterocycles. The van der Waals surface area contributed by atoms with Gasteiger partial charge in [0.05, 0.1) is 18.5 Å². The Balaban J connectivity index is 1.63. The number of carbonyl (C=O) groups is 1. The summed E-state index contributed by atoms with van der Waals surface area (Å²) >= 11 is 0. The van der Waals surface area contributed by atoms with E-state index in [1.165, 1.54) is 0 Å². The summed E-state index contributed by atoms with van der Waals surface area (Å²) in [5.41, 5.74) is 2.46. The first kappa shape index (κ1) is 16.7. The van der Waals surface area contributed by atoms with Crippen LogP contribution in [0.1, 0.15) is 28.9 Å². The fourth-order valence-electron chi connectivity index (χ4n) is 3.63. The van der Waals surface area contributed by atoms with E-state index in [2.05, 4.69) is 15.0 Å². The second kappa shape index (κ2) is 7.25. The SMILES string of the molecule is COCc1cc(N2CCC[C@H](C(=O)c3ccccc3)C2)n2nccc2n1. The van der Waals surface area contributed by atoms with Gasteiger partial charge in [0.15, 0.2) is 11.4 Å². The molecule has 0 N–H and O–H groups in total. The zero-order valence-corrected chi connectivity index (χ0v) is 14.8. The number of ether oxygens (including phenoxy) is 1. The number of rotatable bonds is 5. The van der Waals surface area contributed by atoms with Crippen LogP contribution in [-0.2, 0) is 11.3 Å². The third kappa shape index (κ3) is 3.20. The van der Waals surface area contributed by atoms with Crippen LogP contribution < -0.4 is 4.90 Å².